The smallest absolute Gasteiger partial charge is 0.326 e. The van der Waals surface area contributed by atoms with Crippen LogP contribution in [0.5, 0.6) is 0 Å². The van der Waals surface area contributed by atoms with E-state index in [2.05, 4.69) is 37.2 Å². The van der Waals surface area contributed by atoms with Crippen molar-refractivity contribution in [3.8, 4) is 12.3 Å². The summed E-state index contributed by atoms with van der Waals surface area (Å²) >= 11 is 0. The molecule has 0 unspecified atom stereocenters. The minimum absolute atomic E-state index is 0.0252. The summed E-state index contributed by atoms with van der Waals surface area (Å²) in [6.45, 7) is 1.98. The van der Waals surface area contributed by atoms with Crippen molar-refractivity contribution in [2.75, 3.05) is 11.4 Å². The van der Waals surface area contributed by atoms with Gasteiger partial charge >= 0.3 is 35.8 Å². The Morgan fingerprint density at radius 2 is 0.986 bits per heavy atom. The lowest BCUT2D eigenvalue weighted by Gasteiger charge is -2.26. The van der Waals surface area contributed by atoms with Crippen LogP contribution in [0.4, 0.5) is 5.69 Å². The molecule has 0 fully saturated rings. The molecule has 380 valence electrons. The maximum atomic E-state index is 13.8. The van der Waals surface area contributed by atoms with E-state index in [4.69, 9.17) is 11.5 Å². The second-order valence-electron chi connectivity index (χ2n) is 15.9. The van der Waals surface area contributed by atoms with Crippen molar-refractivity contribution in [1.29, 1.82) is 0 Å². The molecule has 0 radical (unpaired) electrons. The number of fused-ring (bicyclic) bond motifs is 1. The first-order valence-electron chi connectivity index (χ1n) is 21.6. The molecule has 26 heteroatoms. The van der Waals surface area contributed by atoms with Gasteiger partial charge in [-0.1, -0.05) is 12.0 Å². The molecule has 26 nitrogen and oxygen atoms in total. The lowest BCUT2D eigenvalue weighted by Crippen LogP contribution is -2.59. The van der Waals surface area contributed by atoms with Crippen LogP contribution in [0.1, 0.15) is 86.0 Å². The maximum Gasteiger partial charge on any atom is 0.326 e. The standard InChI is InChI=1S/C45H52N8O18/c1-3-20-53(22-24-4-9-28-27(21-24)40(65)47-23(2)46-28)26-7-5-25(6-8-26)39(64)48-29(10-15-34(54)55)41(66)49-30(11-16-35(56)57)42(67)50-31(12-17-36(58)59)43(68)51-32(13-18-37(60)61)44(69)52-33(45(70)71)14-19-38(62)63/h1,4-9,21,29-33H,10-20,22H2,2H3,(H,48,64)(H,49,66)(H,50,67)(H,51,68)(H,52,69)(H,54,55)(H,56,57)(H,58,59)(H,60,61)(H,62,63)(H,70,71)(H,46,47,65)/t29-,30-,31-,32-,33-/m0/s1. The first-order chi connectivity index (χ1) is 33.5. The summed E-state index contributed by atoms with van der Waals surface area (Å²) < 4.78 is 0. The Kier molecular flexibility index (Phi) is 21.6. The predicted molar refractivity (Wildman–Crippen MR) is 244 cm³/mol. The quantitative estimate of drug-likeness (QED) is 0.0368. The molecule has 12 N–H and O–H groups in total. The van der Waals surface area contributed by atoms with Crippen LogP contribution >= 0.6 is 0 Å². The van der Waals surface area contributed by atoms with Crippen LogP contribution in [-0.4, -0.2) is 143 Å². The van der Waals surface area contributed by atoms with Gasteiger partial charge in [-0.15, -0.1) is 6.42 Å². The van der Waals surface area contributed by atoms with Gasteiger partial charge in [0.25, 0.3) is 11.5 Å². The monoisotopic (exact) mass is 992 g/mol. The molecule has 0 aliphatic carbocycles. The third kappa shape index (κ3) is 19.0. The van der Waals surface area contributed by atoms with Crippen LogP contribution in [0.2, 0.25) is 0 Å². The molecule has 3 rings (SSSR count). The van der Waals surface area contributed by atoms with Crippen molar-refractivity contribution in [2.24, 2.45) is 0 Å². The zero-order valence-corrected chi connectivity index (χ0v) is 38.0. The Labute approximate surface area is 402 Å². The summed E-state index contributed by atoms with van der Waals surface area (Å²) in [5.41, 5.74) is 1.38. The van der Waals surface area contributed by atoms with Crippen LogP contribution in [-0.2, 0) is 54.5 Å². The summed E-state index contributed by atoms with van der Waals surface area (Å²) in [7, 11) is 0. The molecule has 5 atom stereocenters. The fourth-order valence-electron chi connectivity index (χ4n) is 6.80. The third-order valence-electron chi connectivity index (χ3n) is 10.4. The van der Waals surface area contributed by atoms with Crippen molar-refractivity contribution < 1.29 is 83.4 Å². The molecular weight excluding hydrogens is 941 g/mol. The fourth-order valence-corrected chi connectivity index (χ4v) is 6.80. The first-order valence-corrected chi connectivity index (χ1v) is 21.6. The molecule has 0 saturated carbocycles. The normalized spacial score (nSPS) is 12.8. The number of aliphatic carboxylic acids is 6. The number of aryl methyl sites for hydroxylation is 1. The average Bonchev–Trinajstić information content (AvgIpc) is 3.29. The first kappa shape index (κ1) is 56.4. The summed E-state index contributed by atoms with van der Waals surface area (Å²) in [6.07, 6.45) is -1.40. The number of H-pyrrole nitrogens is 1. The van der Waals surface area contributed by atoms with Crippen molar-refractivity contribution in [2.45, 2.75) is 108 Å². The number of aromatic nitrogens is 2. The predicted octanol–water partition coefficient (Wildman–Crippen LogP) is -0.682. The van der Waals surface area contributed by atoms with Crippen LogP contribution in [0.15, 0.2) is 47.3 Å². The number of carbonyl (C=O) groups excluding carboxylic acids is 5. The van der Waals surface area contributed by atoms with E-state index in [9.17, 15) is 83.1 Å². The van der Waals surface area contributed by atoms with Gasteiger partial charge in [-0.2, -0.15) is 0 Å². The summed E-state index contributed by atoms with van der Waals surface area (Å²) in [6, 6.07) is 1.87. The second kappa shape index (κ2) is 27.2. The molecule has 0 saturated heterocycles. The Morgan fingerprint density at radius 3 is 1.38 bits per heavy atom. The number of nitrogens with one attached hydrogen (secondary N) is 6. The Bertz CT molecular complexity index is 2610. The van der Waals surface area contributed by atoms with E-state index in [-0.39, 0.29) is 24.2 Å². The Morgan fingerprint density at radius 1 is 0.592 bits per heavy atom. The molecule has 3 aromatic rings. The number of hydrogen-bond acceptors (Lipinski definition) is 14. The molecule has 0 aliphatic rings. The number of rotatable bonds is 30. The van der Waals surface area contributed by atoms with E-state index in [1.807, 2.05) is 5.32 Å². The van der Waals surface area contributed by atoms with Crippen LogP contribution in [0.25, 0.3) is 10.9 Å². The van der Waals surface area contributed by atoms with Gasteiger partial charge in [-0.05, 0) is 81.0 Å². The highest BCUT2D eigenvalue weighted by Gasteiger charge is 2.34. The highest BCUT2D eigenvalue weighted by Crippen LogP contribution is 2.20. The van der Waals surface area contributed by atoms with Crippen molar-refractivity contribution in [3.05, 3.63) is 69.8 Å². The Balaban J connectivity index is 1.85. The molecular formula is C45H52N8O18. The fraction of sp³-hybridized carbons (Fsp3) is 0.400. The highest BCUT2D eigenvalue weighted by molar-refractivity contribution is 5.99. The number of anilines is 1. The highest BCUT2D eigenvalue weighted by atomic mass is 16.4. The van der Waals surface area contributed by atoms with E-state index < -0.39 is 160 Å². The molecule has 0 spiro atoms. The molecule has 2 aromatic carbocycles. The summed E-state index contributed by atoms with van der Waals surface area (Å²) in [5.74, 6) is -11.9. The van der Waals surface area contributed by atoms with Gasteiger partial charge in [-0.3, -0.25) is 52.7 Å². The zero-order valence-electron chi connectivity index (χ0n) is 38.0. The SMILES string of the molecule is C#CCN(Cc1ccc2nc(C)[nH]c(=O)c2c1)c1ccc(C(=O)N[C@@H](CCC(=O)O)C(=O)N[C@@H](CCC(=O)O)C(=O)N[C@@H](CCC(=O)O)C(=O)N[C@@H](CCC(=O)O)C(=O)N[C@@H](CCC(=O)O)C(=O)O)cc1. The number of nitrogens with zero attached hydrogens (tertiary/aromatic N) is 2. The van der Waals surface area contributed by atoms with Crippen LogP contribution in [0.3, 0.4) is 0 Å². The minimum Gasteiger partial charge on any atom is -0.481 e. The molecule has 5 amide bonds. The van der Waals surface area contributed by atoms with E-state index in [1.54, 1.807) is 30.0 Å². The Hall–Kier alpha value is -8.89. The van der Waals surface area contributed by atoms with Crippen LogP contribution in [0, 0.1) is 19.3 Å². The molecule has 1 heterocycles. The van der Waals surface area contributed by atoms with Gasteiger partial charge in [0, 0.05) is 49.9 Å². The second-order valence-corrected chi connectivity index (χ2v) is 15.9. The number of amides is 5. The van der Waals surface area contributed by atoms with Gasteiger partial charge in [0.05, 0.1) is 17.4 Å². The lowest BCUT2D eigenvalue weighted by molar-refractivity contribution is -0.144. The van der Waals surface area contributed by atoms with Gasteiger partial charge in [0.2, 0.25) is 23.6 Å². The van der Waals surface area contributed by atoms with Crippen LogP contribution < -0.4 is 37.0 Å². The number of hydrogen-bond donors (Lipinski definition) is 12. The molecule has 1 aromatic heterocycles. The van der Waals surface area contributed by atoms with Crippen molar-refractivity contribution in [3.63, 3.8) is 0 Å². The summed E-state index contributed by atoms with van der Waals surface area (Å²) in [4.78, 5) is 158. The number of carbonyl (C=O) groups is 11. The number of terminal acetylenes is 1. The number of benzene rings is 2. The molecule has 0 aliphatic heterocycles. The molecule has 71 heavy (non-hydrogen) atoms. The van der Waals surface area contributed by atoms with Gasteiger partial charge in [0.15, 0.2) is 0 Å². The topological polar surface area (TPSA) is 418 Å². The third-order valence-corrected chi connectivity index (χ3v) is 10.4. The zero-order chi connectivity index (χ0) is 52.9. The van der Waals surface area contributed by atoms with Gasteiger partial charge in [0.1, 0.15) is 36.0 Å². The maximum absolute atomic E-state index is 13.8. The van der Waals surface area contributed by atoms with E-state index in [0.29, 0.717) is 28.0 Å². The lowest BCUT2D eigenvalue weighted by atomic mass is 10.0. The number of carboxylic acid groups (broad SMARTS) is 6. The van der Waals surface area contributed by atoms with E-state index in [0.717, 1.165) is 0 Å². The van der Waals surface area contributed by atoms with Gasteiger partial charge in [-0.25, -0.2) is 9.78 Å². The number of aromatic amines is 1. The largest absolute Gasteiger partial charge is 0.481 e. The van der Waals surface area contributed by atoms with Gasteiger partial charge < -0.3 is 67.1 Å². The average molecular weight is 993 g/mol. The van der Waals surface area contributed by atoms with Crippen molar-refractivity contribution in [1.82, 2.24) is 36.6 Å². The van der Waals surface area contributed by atoms with E-state index in [1.165, 1.54) is 24.3 Å². The van der Waals surface area contributed by atoms with Crippen molar-refractivity contribution >= 4 is 81.9 Å². The minimum atomic E-state index is -1.90. The number of carboxylic acids is 6. The summed E-state index contributed by atoms with van der Waals surface area (Å²) in [5, 5.41) is 67.2. The van der Waals surface area contributed by atoms with E-state index >= 15 is 0 Å². The molecule has 0 bridgehead atoms.